The smallest absolute Gasteiger partial charge is 0.223 e. The van der Waals surface area contributed by atoms with Gasteiger partial charge in [-0.3, -0.25) is 4.79 Å². The molecule has 0 bridgehead atoms. The molecule has 1 aliphatic heterocycles. The molecule has 1 unspecified atom stereocenters. The van der Waals surface area contributed by atoms with Gasteiger partial charge in [0, 0.05) is 18.5 Å². The number of hydrogen-bond acceptors (Lipinski definition) is 5. The van der Waals surface area contributed by atoms with E-state index >= 15 is 0 Å². The van der Waals surface area contributed by atoms with Crippen LogP contribution >= 0.6 is 0 Å². The summed E-state index contributed by atoms with van der Waals surface area (Å²) in [6, 6.07) is 7.72. The molecular formula is C20H26N2O4. The average Bonchev–Trinajstić information content (AvgIpc) is 3.16. The lowest BCUT2D eigenvalue weighted by atomic mass is 10.1. The minimum atomic E-state index is -0.996. The zero-order chi connectivity index (χ0) is 18.7. The van der Waals surface area contributed by atoms with Crippen LogP contribution in [0.3, 0.4) is 0 Å². The number of carbonyl (C=O) groups is 1. The lowest BCUT2D eigenvalue weighted by Crippen LogP contribution is -2.40. The molecule has 6 nitrogen and oxygen atoms in total. The summed E-state index contributed by atoms with van der Waals surface area (Å²) in [5.41, 5.74) is 1.99. The highest BCUT2D eigenvalue weighted by atomic mass is 16.5. The number of carbonyl (C=O) groups excluding carboxylic acids is 1. The van der Waals surface area contributed by atoms with Crippen LogP contribution in [0.25, 0.3) is 0 Å². The van der Waals surface area contributed by atoms with E-state index in [0.717, 1.165) is 28.3 Å². The quantitative estimate of drug-likeness (QED) is 0.859. The molecule has 2 heterocycles. The first kappa shape index (κ1) is 18.5. The van der Waals surface area contributed by atoms with Gasteiger partial charge in [-0.2, -0.15) is 0 Å². The number of nitrogens with zero attached hydrogens (tertiary/aromatic N) is 2. The molecule has 1 aliphatic rings. The normalized spacial score (nSPS) is 19.8. The Bertz CT molecular complexity index is 749. The van der Waals surface area contributed by atoms with Crippen LogP contribution in [0.1, 0.15) is 35.4 Å². The monoisotopic (exact) mass is 358 g/mol. The molecule has 1 N–H and O–H groups in total. The second-order valence-electron chi connectivity index (χ2n) is 7.19. The Balaban J connectivity index is 1.50. The lowest BCUT2D eigenvalue weighted by Gasteiger charge is -2.23. The minimum Gasteiger partial charge on any atom is -0.491 e. The fourth-order valence-electron chi connectivity index (χ4n) is 3.29. The third-order valence-corrected chi connectivity index (χ3v) is 4.98. The van der Waals surface area contributed by atoms with Crippen molar-refractivity contribution in [2.24, 2.45) is 0 Å². The van der Waals surface area contributed by atoms with E-state index in [9.17, 15) is 9.90 Å². The molecule has 1 fully saturated rings. The molecule has 0 radical (unpaired) electrons. The number of benzene rings is 1. The first-order valence-electron chi connectivity index (χ1n) is 8.98. The number of β-amino-alcohol motifs (C(OH)–C–C–N with tert-alkyl or cyclic N) is 1. The van der Waals surface area contributed by atoms with Crippen LogP contribution in [-0.2, 0) is 11.2 Å². The van der Waals surface area contributed by atoms with Gasteiger partial charge in [-0.1, -0.05) is 22.9 Å². The van der Waals surface area contributed by atoms with Crippen molar-refractivity contribution in [2.45, 2.75) is 45.6 Å². The standard InChI is InChI=1S/C20H26N2O4/c1-14-4-6-17(7-5-14)25-13-20(24)10-11-22(12-20)19(23)9-8-18-15(2)21-26-16(18)3/h4-7,24H,8-13H2,1-3H3. The highest BCUT2D eigenvalue weighted by Crippen LogP contribution is 2.24. The van der Waals surface area contributed by atoms with Crippen molar-refractivity contribution >= 4 is 5.91 Å². The maximum Gasteiger partial charge on any atom is 0.223 e. The van der Waals surface area contributed by atoms with E-state index in [0.29, 0.717) is 32.4 Å². The Hall–Kier alpha value is -2.34. The fourth-order valence-corrected chi connectivity index (χ4v) is 3.29. The Morgan fingerprint density at radius 3 is 2.69 bits per heavy atom. The second kappa shape index (κ2) is 7.50. The van der Waals surface area contributed by atoms with Crippen LogP contribution in [0, 0.1) is 20.8 Å². The van der Waals surface area contributed by atoms with Crippen molar-refractivity contribution in [3.63, 3.8) is 0 Å². The Morgan fingerprint density at radius 1 is 1.31 bits per heavy atom. The van der Waals surface area contributed by atoms with Gasteiger partial charge in [-0.25, -0.2) is 0 Å². The van der Waals surface area contributed by atoms with Gasteiger partial charge in [0.15, 0.2) is 0 Å². The van der Waals surface area contributed by atoms with Crippen molar-refractivity contribution in [3.8, 4) is 5.75 Å². The Kier molecular flexibility index (Phi) is 5.32. The van der Waals surface area contributed by atoms with Gasteiger partial charge in [-0.05, 0) is 45.7 Å². The predicted octanol–water partition coefficient (Wildman–Crippen LogP) is 2.57. The number of aromatic nitrogens is 1. The van der Waals surface area contributed by atoms with E-state index in [1.807, 2.05) is 45.0 Å². The molecule has 1 atom stereocenters. The third-order valence-electron chi connectivity index (χ3n) is 4.98. The Morgan fingerprint density at radius 2 is 2.04 bits per heavy atom. The van der Waals surface area contributed by atoms with Crippen molar-refractivity contribution < 1.29 is 19.2 Å². The van der Waals surface area contributed by atoms with Gasteiger partial charge in [0.05, 0.1) is 12.2 Å². The summed E-state index contributed by atoms with van der Waals surface area (Å²) in [7, 11) is 0. The number of rotatable bonds is 6. The second-order valence-corrected chi connectivity index (χ2v) is 7.19. The van der Waals surface area contributed by atoms with Gasteiger partial charge in [0.1, 0.15) is 23.7 Å². The summed E-state index contributed by atoms with van der Waals surface area (Å²) in [6.07, 6.45) is 1.52. The van der Waals surface area contributed by atoms with Gasteiger partial charge >= 0.3 is 0 Å². The van der Waals surface area contributed by atoms with Crippen LogP contribution in [0.4, 0.5) is 0 Å². The maximum absolute atomic E-state index is 12.5. The van der Waals surface area contributed by atoms with Gasteiger partial charge in [0.2, 0.25) is 5.91 Å². The molecule has 1 aromatic carbocycles. The molecule has 1 amide bonds. The zero-order valence-corrected chi connectivity index (χ0v) is 15.6. The molecular weight excluding hydrogens is 332 g/mol. The number of aryl methyl sites for hydroxylation is 3. The molecule has 0 spiro atoms. The zero-order valence-electron chi connectivity index (χ0n) is 15.6. The van der Waals surface area contributed by atoms with E-state index in [2.05, 4.69) is 5.16 Å². The van der Waals surface area contributed by atoms with Crippen LogP contribution in [0.15, 0.2) is 28.8 Å². The molecule has 1 aromatic heterocycles. The van der Waals surface area contributed by atoms with Gasteiger partial charge in [-0.15, -0.1) is 0 Å². The highest BCUT2D eigenvalue weighted by Gasteiger charge is 2.38. The number of aliphatic hydroxyl groups is 1. The van der Waals surface area contributed by atoms with Crippen molar-refractivity contribution in [1.29, 1.82) is 0 Å². The number of amides is 1. The topological polar surface area (TPSA) is 75.8 Å². The summed E-state index contributed by atoms with van der Waals surface area (Å²) >= 11 is 0. The number of likely N-dealkylation sites (tertiary alicyclic amines) is 1. The first-order chi connectivity index (χ1) is 12.4. The van der Waals surface area contributed by atoms with E-state index in [-0.39, 0.29) is 12.5 Å². The summed E-state index contributed by atoms with van der Waals surface area (Å²) in [5.74, 6) is 1.53. The van der Waals surface area contributed by atoms with Crippen LogP contribution in [-0.4, -0.2) is 46.4 Å². The summed E-state index contributed by atoms with van der Waals surface area (Å²) in [6.45, 7) is 6.79. The largest absolute Gasteiger partial charge is 0.491 e. The summed E-state index contributed by atoms with van der Waals surface area (Å²) in [4.78, 5) is 14.2. The van der Waals surface area contributed by atoms with Crippen LogP contribution < -0.4 is 4.74 Å². The van der Waals surface area contributed by atoms with Crippen LogP contribution in [0.2, 0.25) is 0 Å². The summed E-state index contributed by atoms with van der Waals surface area (Å²) < 4.78 is 10.9. The van der Waals surface area contributed by atoms with E-state index in [4.69, 9.17) is 9.26 Å². The molecule has 0 saturated carbocycles. The minimum absolute atomic E-state index is 0.0382. The molecule has 140 valence electrons. The number of ether oxygens (including phenoxy) is 1. The molecule has 6 heteroatoms. The third kappa shape index (κ3) is 4.25. The van der Waals surface area contributed by atoms with Gasteiger partial charge in [0.25, 0.3) is 0 Å². The van der Waals surface area contributed by atoms with Crippen molar-refractivity contribution in [3.05, 3.63) is 46.8 Å². The van der Waals surface area contributed by atoms with Crippen LogP contribution in [0.5, 0.6) is 5.75 Å². The van der Waals surface area contributed by atoms with Crippen molar-refractivity contribution in [1.82, 2.24) is 10.1 Å². The van der Waals surface area contributed by atoms with Gasteiger partial charge < -0.3 is 19.3 Å². The fraction of sp³-hybridized carbons (Fsp3) is 0.500. The molecule has 3 rings (SSSR count). The molecule has 0 aliphatic carbocycles. The molecule has 1 saturated heterocycles. The van der Waals surface area contributed by atoms with E-state index in [1.165, 1.54) is 0 Å². The predicted molar refractivity (Wildman–Crippen MR) is 97.1 cm³/mol. The Labute approximate surface area is 153 Å². The van der Waals surface area contributed by atoms with E-state index in [1.54, 1.807) is 4.90 Å². The summed E-state index contributed by atoms with van der Waals surface area (Å²) in [5, 5.41) is 14.6. The maximum atomic E-state index is 12.5. The number of hydrogen-bond donors (Lipinski definition) is 1. The van der Waals surface area contributed by atoms with Crippen molar-refractivity contribution in [2.75, 3.05) is 19.7 Å². The lowest BCUT2D eigenvalue weighted by molar-refractivity contribution is -0.131. The molecule has 26 heavy (non-hydrogen) atoms. The average molecular weight is 358 g/mol. The SMILES string of the molecule is Cc1ccc(OCC2(O)CCN(C(=O)CCc3c(C)noc3C)C2)cc1. The van der Waals surface area contributed by atoms with E-state index < -0.39 is 5.60 Å². The first-order valence-corrected chi connectivity index (χ1v) is 8.98. The molecule has 2 aromatic rings. The highest BCUT2D eigenvalue weighted by molar-refractivity contribution is 5.77.